The lowest BCUT2D eigenvalue weighted by molar-refractivity contribution is -0.142. The van der Waals surface area contributed by atoms with E-state index in [1.165, 1.54) is 19.1 Å². The van der Waals surface area contributed by atoms with Gasteiger partial charge in [-0.05, 0) is 37.6 Å². The quantitative estimate of drug-likeness (QED) is 0.863. The summed E-state index contributed by atoms with van der Waals surface area (Å²) in [5.41, 5.74) is -0.580. The highest BCUT2D eigenvalue weighted by Crippen LogP contribution is 2.28. The maximum absolute atomic E-state index is 12.6. The van der Waals surface area contributed by atoms with E-state index in [-0.39, 0.29) is 9.92 Å². The van der Waals surface area contributed by atoms with Crippen LogP contribution < -0.4 is 4.72 Å². The molecular weight excluding hydrogens is 383 g/mol. The van der Waals surface area contributed by atoms with E-state index in [0.29, 0.717) is 11.6 Å². The molecule has 2 aromatic rings. The first kappa shape index (κ1) is 19.3. The average molecular weight is 396 g/mol. The molecule has 0 bridgehead atoms. The molecule has 1 unspecified atom stereocenters. The lowest BCUT2D eigenvalue weighted by Gasteiger charge is -2.14. The highest BCUT2D eigenvalue weighted by Gasteiger charge is 2.34. The fourth-order valence-electron chi connectivity index (χ4n) is 1.91. The van der Waals surface area contributed by atoms with Gasteiger partial charge >= 0.3 is 6.18 Å². The largest absolute Gasteiger partial charge is 0.435 e. The van der Waals surface area contributed by atoms with Crippen LogP contribution in [0, 0.1) is 6.92 Å². The molecule has 2 rings (SSSR count). The third kappa shape index (κ3) is 4.31. The molecule has 1 N–H and O–H groups in total. The predicted octanol–water partition coefficient (Wildman–Crippen LogP) is 2.93. The van der Waals surface area contributed by atoms with Crippen LogP contribution in [0.1, 0.15) is 24.2 Å². The van der Waals surface area contributed by atoms with Gasteiger partial charge in [-0.15, -0.1) is 0 Å². The van der Waals surface area contributed by atoms with E-state index < -0.39 is 33.8 Å². The van der Waals surface area contributed by atoms with Gasteiger partial charge in [-0.2, -0.15) is 18.3 Å². The van der Waals surface area contributed by atoms with Crippen LogP contribution >= 0.6 is 11.6 Å². The first-order chi connectivity index (χ1) is 11.4. The summed E-state index contributed by atoms with van der Waals surface area (Å²) >= 11 is 5.84. The minimum Gasteiger partial charge on any atom is -0.272 e. The first-order valence-electron chi connectivity index (χ1n) is 6.87. The SMILES string of the molecule is Cc1ccc(Cl)c(S(=O)(=O)NC(=O)C(C)n2ccc(C(F)(F)F)n2)c1. The summed E-state index contributed by atoms with van der Waals surface area (Å²) in [7, 11) is -4.28. The Morgan fingerprint density at radius 1 is 1.32 bits per heavy atom. The fourth-order valence-corrected chi connectivity index (χ4v) is 3.55. The summed E-state index contributed by atoms with van der Waals surface area (Å²) in [6.07, 6.45) is -3.72. The number of hydrogen-bond acceptors (Lipinski definition) is 4. The van der Waals surface area contributed by atoms with Gasteiger partial charge in [0.15, 0.2) is 5.69 Å². The number of carbonyl (C=O) groups is 1. The monoisotopic (exact) mass is 395 g/mol. The Kier molecular flexibility index (Phi) is 5.14. The van der Waals surface area contributed by atoms with Crippen LogP contribution in [0.5, 0.6) is 0 Å². The summed E-state index contributed by atoms with van der Waals surface area (Å²) < 4.78 is 64.8. The molecule has 0 aliphatic heterocycles. The fraction of sp³-hybridized carbons (Fsp3) is 0.286. The van der Waals surface area contributed by atoms with Gasteiger partial charge in [0.25, 0.3) is 15.9 Å². The van der Waals surface area contributed by atoms with Crippen LogP contribution in [0.15, 0.2) is 35.4 Å². The van der Waals surface area contributed by atoms with Gasteiger partial charge in [-0.1, -0.05) is 17.7 Å². The lowest BCUT2D eigenvalue weighted by atomic mass is 10.2. The minimum atomic E-state index is -4.66. The molecule has 25 heavy (non-hydrogen) atoms. The van der Waals surface area contributed by atoms with Gasteiger partial charge in [0.1, 0.15) is 10.9 Å². The normalized spacial score (nSPS) is 13.5. The second kappa shape index (κ2) is 6.68. The maximum atomic E-state index is 12.6. The molecule has 1 heterocycles. The Morgan fingerprint density at radius 3 is 2.52 bits per heavy atom. The lowest BCUT2D eigenvalue weighted by Crippen LogP contribution is -2.36. The summed E-state index contributed by atoms with van der Waals surface area (Å²) in [6, 6.07) is 3.64. The molecule has 1 atom stereocenters. The number of nitrogens with zero attached hydrogens (tertiary/aromatic N) is 2. The van der Waals surface area contributed by atoms with Gasteiger partial charge in [0, 0.05) is 6.20 Å². The zero-order valence-electron chi connectivity index (χ0n) is 13.0. The molecule has 6 nitrogen and oxygen atoms in total. The van der Waals surface area contributed by atoms with Crippen LogP contribution in [-0.4, -0.2) is 24.1 Å². The number of rotatable bonds is 4. The van der Waals surface area contributed by atoms with Crippen molar-refractivity contribution in [3.63, 3.8) is 0 Å². The second-order valence-corrected chi connectivity index (χ2v) is 7.32. The summed E-state index contributed by atoms with van der Waals surface area (Å²) in [4.78, 5) is 11.8. The average Bonchev–Trinajstić information content (AvgIpc) is 2.98. The Balaban J connectivity index is 2.23. The molecule has 0 aliphatic rings. The molecule has 1 aromatic heterocycles. The topological polar surface area (TPSA) is 81.1 Å². The standard InChI is InChI=1S/C14H13ClF3N3O3S/c1-8-3-4-10(15)11(7-8)25(23,24)20-13(22)9(2)21-6-5-12(19-21)14(16,17)18/h3-7,9H,1-2H3,(H,20,22). The van der Waals surface area contributed by atoms with Crippen molar-refractivity contribution in [3.05, 3.63) is 46.7 Å². The van der Waals surface area contributed by atoms with Crippen molar-refractivity contribution in [1.82, 2.24) is 14.5 Å². The number of carbonyl (C=O) groups excluding carboxylic acids is 1. The smallest absolute Gasteiger partial charge is 0.272 e. The molecule has 0 spiro atoms. The number of sulfonamides is 1. The van der Waals surface area contributed by atoms with E-state index in [2.05, 4.69) is 5.10 Å². The molecule has 1 aromatic carbocycles. The molecule has 136 valence electrons. The van der Waals surface area contributed by atoms with Crippen molar-refractivity contribution in [2.75, 3.05) is 0 Å². The zero-order chi connectivity index (χ0) is 19.0. The van der Waals surface area contributed by atoms with E-state index in [9.17, 15) is 26.4 Å². The van der Waals surface area contributed by atoms with Crippen LogP contribution in [0.3, 0.4) is 0 Å². The first-order valence-corrected chi connectivity index (χ1v) is 8.73. The number of aryl methyl sites for hydroxylation is 1. The Labute approximate surface area is 146 Å². The highest BCUT2D eigenvalue weighted by atomic mass is 35.5. The van der Waals surface area contributed by atoms with Gasteiger partial charge in [-0.3, -0.25) is 9.48 Å². The number of nitrogens with one attached hydrogen (secondary N) is 1. The molecule has 0 saturated carbocycles. The molecular formula is C14H13ClF3N3O3S. The Morgan fingerprint density at radius 2 is 1.96 bits per heavy atom. The van der Waals surface area contributed by atoms with E-state index >= 15 is 0 Å². The van der Waals surface area contributed by atoms with E-state index in [4.69, 9.17) is 11.6 Å². The van der Waals surface area contributed by atoms with Crippen molar-refractivity contribution in [2.45, 2.75) is 31.0 Å². The van der Waals surface area contributed by atoms with E-state index in [1.807, 2.05) is 0 Å². The predicted molar refractivity (Wildman–Crippen MR) is 83.5 cm³/mol. The van der Waals surface area contributed by atoms with Gasteiger partial charge in [-0.25, -0.2) is 13.1 Å². The summed E-state index contributed by atoms with van der Waals surface area (Å²) in [5, 5.41) is 3.16. The van der Waals surface area contributed by atoms with Crippen LogP contribution in [0.2, 0.25) is 5.02 Å². The molecule has 1 amide bonds. The number of aromatic nitrogens is 2. The van der Waals surface area contributed by atoms with Crippen LogP contribution in [-0.2, 0) is 21.0 Å². The van der Waals surface area contributed by atoms with Crippen molar-refractivity contribution in [3.8, 4) is 0 Å². The zero-order valence-corrected chi connectivity index (χ0v) is 14.6. The molecule has 0 saturated heterocycles. The maximum Gasteiger partial charge on any atom is 0.435 e. The van der Waals surface area contributed by atoms with Crippen molar-refractivity contribution in [2.24, 2.45) is 0 Å². The minimum absolute atomic E-state index is 0.0861. The summed E-state index contributed by atoms with van der Waals surface area (Å²) in [5.74, 6) is -1.05. The number of hydrogen-bond donors (Lipinski definition) is 1. The molecule has 0 radical (unpaired) electrons. The second-order valence-electron chi connectivity index (χ2n) is 5.26. The van der Waals surface area contributed by atoms with Crippen molar-refractivity contribution >= 4 is 27.5 Å². The number of benzene rings is 1. The van der Waals surface area contributed by atoms with Crippen molar-refractivity contribution in [1.29, 1.82) is 0 Å². The number of alkyl halides is 3. The third-order valence-corrected chi connectivity index (χ3v) is 5.11. The molecule has 0 aliphatic carbocycles. The molecule has 11 heteroatoms. The number of halogens is 4. The Bertz CT molecular complexity index is 910. The third-order valence-electron chi connectivity index (χ3n) is 3.29. The van der Waals surface area contributed by atoms with Crippen molar-refractivity contribution < 1.29 is 26.4 Å². The molecule has 0 fully saturated rings. The number of amides is 1. The Hall–Kier alpha value is -2.07. The van der Waals surface area contributed by atoms with E-state index in [1.54, 1.807) is 17.7 Å². The van der Waals surface area contributed by atoms with E-state index in [0.717, 1.165) is 10.9 Å². The summed E-state index contributed by atoms with van der Waals surface area (Å²) in [6.45, 7) is 2.86. The van der Waals surface area contributed by atoms with Crippen LogP contribution in [0.25, 0.3) is 0 Å². The van der Waals surface area contributed by atoms with Gasteiger partial charge in [0.2, 0.25) is 0 Å². The highest BCUT2D eigenvalue weighted by molar-refractivity contribution is 7.90. The van der Waals surface area contributed by atoms with Gasteiger partial charge in [0.05, 0.1) is 5.02 Å². The van der Waals surface area contributed by atoms with Crippen LogP contribution in [0.4, 0.5) is 13.2 Å². The van der Waals surface area contributed by atoms with Gasteiger partial charge < -0.3 is 0 Å².